The zero-order chi connectivity index (χ0) is 15.0. The second kappa shape index (κ2) is 5.09. The molecule has 0 aliphatic rings. The van der Waals surface area contributed by atoms with Gasteiger partial charge < -0.3 is 5.32 Å². The van der Waals surface area contributed by atoms with Gasteiger partial charge in [0, 0.05) is 11.4 Å². The molecule has 0 aliphatic carbocycles. The molecule has 0 saturated carbocycles. The van der Waals surface area contributed by atoms with Gasteiger partial charge in [0.2, 0.25) is 0 Å². The smallest absolute Gasteiger partial charge is 0.255 e. The maximum Gasteiger partial charge on any atom is 0.255 e. The van der Waals surface area contributed by atoms with Crippen LogP contribution in [0.3, 0.4) is 0 Å². The first-order valence-corrected chi connectivity index (χ1v) is 7.00. The van der Waals surface area contributed by atoms with Gasteiger partial charge in [-0.05, 0) is 42.1 Å². The van der Waals surface area contributed by atoms with Crippen LogP contribution in [0, 0.1) is 0 Å². The van der Waals surface area contributed by atoms with Crippen LogP contribution < -0.4 is 5.32 Å². The van der Waals surface area contributed by atoms with Crippen molar-refractivity contribution in [3.63, 3.8) is 0 Å². The maximum atomic E-state index is 12.5. The van der Waals surface area contributed by atoms with Gasteiger partial charge in [0.25, 0.3) is 5.91 Å². The van der Waals surface area contributed by atoms with Crippen molar-refractivity contribution in [1.82, 2.24) is 5.32 Å². The van der Waals surface area contributed by atoms with Crippen molar-refractivity contribution in [2.75, 3.05) is 0 Å². The van der Waals surface area contributed by atoms with Crippen molar-refractivity contribution in [2.45, 2.75) is 19.9 Å². The standard InChI is InChI=1S/C18H16NO2/c1-11(2)19-18(21)16-10-9-14-13-6-4-3-5-12(13)7-8-15(14)17(16)20/h3-11H,1-2H3,(H,19,21). The van der Waals surface area contributed by atoms with Crippen LogP contribution in [-0.4, -0.2) is 11.9 Å². The highest BCUT2D eigenvalue weighted by Crippen LogP contribution is 2.34. The molecule has 0 atom stereocenters. The molecular weight excluding hydrogens is 262 g/mol. The summed E-state index contributed by atoms with van der Waals surface area (Å²) in [5, 5.41) is 18.9. The van der Waals surface area contributed by atoms with Crippen LogP contribution in [0.15, 0.2) is 48.5 Å². The third-order valence-corrected chi connectivity index (χ3v) is 3.54. The molecule has 0 saturated heterocycles. The van der Waals surface area contributed by atoms with Gasteiger partial charge in [0.15, 0.2) is 5.75 Å². The van der Waals surface area contributed by atoms with Gasteiger partial charge in [-0.15, -0.1) is 0 Å². The van der Waals surface area contributed by atoms with E-state index in [4.69, 9.17) is 0 Å². The zero-order valence-electron chi connectivity index (χ0n) is 12.0. The fraction of sp³-hybridized carbons (Fsp3) is 0.167. The largest absolute Gasteiger partial charge is 0.350 e. The van der Waals surface area contributed by atoms with E-state index in [2.05, 4.69) is 5.32 Å². The van der Waals surface area contributed by atoms with Gasteiger partial charge in [0.1, 0.15) is 0 Å². The van der Waals surface area contributed by atoms with Gasteiger partial charge in [-0.2, -0.15) is 0 Å². The van der Waals surface area contributed by atoms with E-state index in [9.17, 15) is 9.90 Å². The Morgan fingerprint density at radius 1 is 0.905 bits per heavy atom. The van der Waals surface area contributed by atoms with E-state index in [-0.39, 0.29) is 23.3 Å². The summed E-state index contributed by atoms with van der Waals surface area (Å²) in [6.45, 7) is 3.74. The normalized spacial score (nSPS) is 11.2. The Labute approximate surface area is 123 Å². The Hall–Kier alpha value is -2.55. The van der Waals surface area contributed by atoms with Gasteiger partial charge >= 0.3 is 0 Å². The molecule has 0 unspecified atom stereocenters. The van der Waals surface area contributed by atoms with Crippen LogP contribution in [0.25, 0.3) is 21.5 Å². The Balaban J connectivity index is 2.22. The number of benzene rings is 3. The molecule has 0 bridgehead atoms. The number of hydrogen-bond acceptors (Lipinski definition) is 1. The van der Waals surface area contributed by atoms with Crippen LogP contribution in [0.4, 0.5) is 0 Å². The molecule has 0 fully saturated rings. The molecule has 1 radical (unpaired) electrons. The third-order valence-electron chi connectivity index (χ3n) is 3.54. The van der Waals surface area contributed by atoms with E-state index in [1.165, 1.54) is 0 Å². The second-order valence-electron chi connectivity index (χ2n) is 5.45. The van der Waals surface area contributed by atoms with Crippen molar-refractivity contribution in [3.8, 4) is 5.75 Å². The Morgan fingerprint density at radius 3 is 2.38 bits per heavy atom. The zero-order valence-corrected chi connectivity index (χ0v) is 12.0. The van der Waals surface area contributed by atoms with Crippen LogP contribution in [0.1, 0.15) is 24.2 Å². The monoisotopic (exact) mass is 278 g/mol. The van der Waals surface area contributed by atoms with Crippen LogP contribution in [0.2, 0.25) is 0 Å². The van der Waals surface area contributed by atoms with E-state index in [1.54, 1.807) is 12.1 Å². The van der Waals surface area contributed by atoms with E-state index in [0.717, 1.165) is 16.2 Å². The first-order valence-electron chi connectivity index (χ1n) is 7.00. The molecule has 0 aromatic heterocycles. The van der Waals surface area contributed by atoms with Gasteiger partial charge in [0.05, 0.1) is 5.56 Å². The molecular formula is C18H16NO2. The number of rotatable bonds is 2. The number of carbonyl (C=O) groups is 1. The Kier molecular flexibility index (Phi) is 3.26. The summed E-state index contributed by atoms with van der Waals surface area (Å²) in [4.78, 5) is 12.1. The molecule has 3 nitrogen and oxygen atoms in total. The highest BCUT2D eigenvalue weighted by Gasteiger charge is 2.16. The molecule has 0 aliphatic heterocycles. The summed E-state index contributed by atoms with van der Waals surface area (Å²) in [6, 6.07) is 15.1. The molecule has 0 heterocycles. The first kappa shape index (κ1) is 13.4. The number of hydrogen-bond donors (Lipinski definition) is 1. The molecule has 3 heteroatoms. The van der Waals surface area contributed by atoms with Gasteiger partial charge in [-0.25, -0.2) is 0 Å². The lowest BCUT2D eigenvalue weighted by molar-refractivity contribution is 0.0939. The maximum absolute atomic E-state index is 12.5. The van der Waals surface area contributed by atoms with E-state index >= 15 is 0 Å². The third kappa shape index (κ3) is 2.31. The minimum atomic E-state index is -0.315. The van der Waals surface area contributed by atoms with Gasteiger partial charge in [-0.3, -0.25) is 9.90 Å². The van der Waals surface area contributed by atoms with Crippen molar-refractivity contribution in [3.05, 3.63) is 54.1 Å². The number of fused-ring (bicyclic) bond motifs is 3. The molecule has 1 N–H and O–H groups in total. The molecule has 0 spiro atoms. The molecule has 21 heavy (non-hydrogen) atoms. The molecule has 3 aromatic carbocycles. The number of carbonyl (C=O) groups excluding carboxylic acids is 1. The highest BCUT2D eigenvalue weighted by molar-refractivity contribution is 6.12. The van der Waals surface area contributed by atoms with Crippen LogP contribution in [0.5, 0.6) is 5.75 Å². The fourth-order valence-corrected chi connectivity index (χ4v) is 2.58. The van der Waals surface area contributed by atoms with E-state index in [0.29, 0.717) is 5.39 Å². The summed E-state index contributed by atoms with van der Waals surface area (Å²) >= 11 is 0. The van der Waals surface area contributed by atoms with Crippen molar-refractivity contribution in [2.24, 2.45) is 0 Å². The lowest BCUT2D eigenvalue weighted by atomic mass is 9.99. The Morgan fingerprint density at radius 2 is 1.62 bits per heavy atom. The average molecular weight is 278 g/mol. The summed E-state index contributed by atoms with van der Waals surface area (Å²) in [5.74, 6) is -0.526. The number of nitrogens with one attached hydrogen (secondary N) is 1. The SMILES string of the molecule is CC(C)NC(=O)c1ccc2c(ccc3ccccc32)c1[O]. The fourth-order valence-electron chi connectivity index (χ4n) is 2.58. The summed E-state index contributed by atoms with van der Waals surface area (Å²) in [7, 11) is 0. The van der Waals surface area contributed by atoms with E-state index in [1.807, 2.05) is 50.2 Å². The first-order chi connectivity index (χ1) is 10.1. The second-order valence-corrected chi connectivity index (χ2v) is 5.45. The summed E-state index contributed by atoms with van der Waals surface area (Å²) < 4.78 is 0. The predicted octanol–water partition coefficient (Wildman–Crippen LogP) is 4.28. The van der Waals surface area contributed by atoms with Gasteiger partial charge in [-0.1, -0.05) is 36.4 Å². The van der Waals surface area contributed by atoms with E-state index < -0.39 is 0 Å². The minimum absolute atomic E-state index is 0.00389. The molecule has 3 rings (SSSR count). The topological polar surface area (TPSA) is 49.0 Å². The minimum Gasteiger partial charge on any atom is -0.350 e. The van der Waals surface area contributed by atoms with Crippen molar-refractivity contribution >= 4 is 27.5 Å². The van der Waals surface area contributed by atoms with Crippen LogP contribution in [-0.2, 0) is 5.11 Å². The quantitative estimate of drug-likeness (QED) is 0.699. The highest BCUT2D eigenvalue weighted by atomic mass is 16.3. The summed E-state index contributed by atoms with van der Waals surface area (Å²) in [5.41, 5.74) is 0.200. The lowest BCUT2D eigenvalue weighted by Crippen LogP contribution is -2.30. The average Bonchev–Trinajstić information content (AvgIpc) is 2.46. The lowest BCUT2D eigenvalue weighted by Gasteiger charge is -2.11. The number of amides is 1. The molecule has 1 amide bonds. The predicted molar refractivity (Wildman–Crippen MR) is 84.2 cm³/mol. The van der Waals surface area contributed by atoms with Crippen molar-refractivity contribution in [1.29, 1.82) is 0 Å². The van der Waals surface area contributed by atoms with Crippen LogP contribution >= 0.6 is 0 Å². The van der Waals surface area contributed by atoms with Crippen molar-refractivity contribution < 1.29 is 9.90 Å². The summed E-state index contributed by atoms with van der Waals surface area (Å²) in [6.07, 6.45) is 0. The molecule has 105 valence electrons. The molecule has 3 aromatic rings. The Bertz CT molecular complexity index is 837.